The molecule has 0 aliphatic carbocycles. The van der Waals surface area contributed by atoms with Gasteiger partial charge in [-0.2, -0.15) is 5.10 Å². The maximum absolute atomic E-state index is 9.91. The van der Waals surface area contributed by atoms with Gasteiger partial charge >= 0.3 is 0 Å². The van der Waals surface area contributed by atoms with Crippen LogP contribution in [0.15, 0.2) is 12.3 Å². The lowest BCUT2D eigenvalue weighted by atomic mass is 10.2. The smallest absolute Gasteiger partial charge is 0.0765 e. The van der Waals surface area contributed by atoms with Crippen LogP contribution in [0.2, 0.25) is 0 Å². The number of likely N-dealkylation sites (tertiary alicyclic amines) is 1. The van der Waals surface area contributed by atoms with E-state index in [-0.39, 0.29) is 6.10 Å². The molecule has 2 heterocycles. The molecule has 5 nitrogen and oxygen atoms in total. The van der Waals surface area contributed by atoms with Gasteiger partial charge < -0.3 is 10.0 Å². The maximum atomic E-state index is 9.91. The lowest BCUT2D eigenvalue weighted by molar-refractivity contribution is 0.168. The summed E-state index contributed by atoms with van der Waals surface area (Å²) in [5.74, 6) is 0. The Morgan fingerprint density at radius 3 is 2.90 bits per heavy atom. The zero-order valence-corrected chi connectivity index (χ0v) is 13.2. The van der Waals surface area contributed by atoms with Crippen LogP contribution in [0.25, 0.3) is 0 Å². The second-order valence-electron chi connectivity index (χ2n) is 6.28. The van der Waals surface area contributed by atoms with Crippen molar-refractivity contribution in [1.82, 2.24) is 19.6 Å². The van der Waals surface area contributed by atoms with Crippen molar-refractivity contribution >= 4 is 0 Å². The van der Waals surface area contributed by atoms with Gasteiger partial charge in [0.15, 0.2) is 0 Å². The molecular weight excluding hydrogens is 252 g/mol. The molecule has 1 N–H and O–H groups in total. The van der Waals surface area contributed by atoms with Gasteiger partial charge in [-0.1, -0.05) is 6.92 Å². The van der Waals surface area contributed by atoms with E-state index in [0.29, 0.717) is 12.1 Å². The average Bonchev–Trinajstić information content (AvgIpc) is 2.96. The number of rotatable bonds is 6. The molecule has 1 aromatic rings. The van der Waals surface area contributed by atoms with Crippen LogP contribution >= 0.6 is 0 Å². The molecule has 1 aliphatic rings. The van der Waals surface area contributed by atoms with E-state index >= 15 is 0 Å². The van der Waals surface area contributed by atoms with Gasteiger partial charge in [0, 0.05) is 37.9 Å². The summed E-state index contributed by atoms with van der Waals surface area (Å²) in [4.78, 5) is 4.54. The van der Waals surface area contributed by atoms with Crippen LogP contribution in [-0.2, 0) is 6.54 Å². The number of nitrogens with zero attached hydrogens (tertiary/aromatic N) is 4. The molecule has 0 saturated carbocycles. The molecule has 1 aliphatic heterocycles. The molecule has 20 heavy (non-hydrogen) atoms. The molecule has 0 aromatic carbocycles. The SMILES string of the molecule is CCC(C)n1ccc(CN2CC(O)CC2CN(C)C)n1. The third kappa shape index (κ3) is 3.81. The zero-order chi connectivity index (χ0) is 14.7. The van der Waals surface area contributed by atoms with Gasteiger partial charge in [0.2, 0.25) is 0 Å². The fraction of sp³-hybridized carbons (Fsp3) is 0.800. The molecule has 5 heteroatoms. The van der Waals surface area contributed by atoms with E-state index in [4.69, 9.17) is 0 Å². The first-order valence-corrected chi connectivity index (χ1v) is 7.60. The van der Waals surface area contributed by atoms with Crippen LogP contribution < -0.4 is 0 Å². The summed E-state index contributed by atoms with van der Waals surface area (Å²) >= 11 is 0. The summed E-state index contributed by atoms with van der Waals surface area (Å²) in [5.41, 5.74) is 1.10. The molecule has 3 atom stereocenters. The highest BCUT2D eigenvalue weighted by molar-refractivity contribution is 5.01. The van der Waals surface area contributed by atoms with Crippen LogP contribution in [0.4, 0.5) is 0 Å². The summed E-state index contributed by atoms with van der Waals surface area (Å²) in [6.45, 7) is 6.94. The van der Waals surface area contributed by atoms with Crippen molar-refractivity contribution in [3.63, 3.8) is 0 Å². The lowest BCUT2D eigenvalue weighted by Gasteiger charge is -2.25. The van der Waals surface area contributed by atoms with Gasteiger partial charge in [-0.15, -0.1) is 0 Å². The van der Waals surface area contributed by atoms with Crippen molar-refractivity contribution in [1.29, 1.82) is 0 Å². The standard InChI is InChI=1S/C15H28N4O/c1-5-12(2)19-7-6-13(16-19)9-18-11-15(20)8-14(18)10-17(3)4/h6-7,12,14-15,20H,5,8-11H2,1-4H3. The first-order chi connectivity index (χ1) is 9.49. The first-order valence-electron chi connectivity index (χ1n) is 7.60. The fourth-order valence-electron chi connectivity index (χ4n) is 2.86. The molecule has 1 aromatic heterocycles. The van der Waals surface area contributed by atoms with Gasteiger partial charge in [-0.25, -0.2) is 0 Å². The highest BCUT2D eigenvalue weighted by atomic mass is 16.3. The Bertz CT molecular complexity index is 418. The Morgan fingerprint density at radius 2 is 2.25 bits per heavy atom. The highest BCUT2D eigenvalue weighted by Crippen LogP contribution is 2.21. The van der Waals surface area contributed by atoms with Crippen molar-refractivity contribution in [3.8, 4) is 0 Å². The minimum atomic E-state index is -0.198. The summed E-state index contributed by atoms with van der Waals surface area (Å²) in [6, 6.07) is 2.98. The summed E-state index contributed by atoms with van der Waals surface area (Å²) in [6.07, 6.45) is 3.82. The molecule has 0 radical (unpaired) electrons. The summed E-state index contributed by atoms with van der Waals surface area (Å²) < 4.78 is 2.04. The topological polar surface area (TPSA) is 44.5 Å². The fourth-order valence-corrected chi connectivity index (χ4v) is 2.86. The van der Waals surface area contributed by atoms with E-state index < -0.39 is 0 Å². The number of likely N-dealkylation sites (N-methyl/N-ethyl adjacent to an activating group) is 1. The summed E-state index contributed by atoms with van der Waals surface area (Å²) in [7, 11) is 4.17. The first kappa shape index (κ1) is 15.5. The van der Waals surface area contributed by atoms with Crippen molar-refractivity contribution in [2.45, 2.75) is 51.4 Å². The van der Waals surface area contributed by atoms with Crippen molar-refractivity contribution < 1.29 is 5.11 Å². The predicted octanol–water partition coefficient (Wildman–Crippen LogP) is 1.35. The Balaban J connectivity index is 1.98. The average molecular weight is 280 g/mol. The molecule has 114 valence electrons. The monoisotopic (exact) mass is 280 g/mol. The molecule has 1 saturated heterocycles. The quantitative estimate of drug-likeness (QED) is 0.854. The van der Waals surface area contributed by atoms with Gasteiger partial charge in [0.1, 0.15) is 0 Å². The molecule has 3 unspecified atom stereocenters. The Hall–Kier alpha value is -0.910. The number of hydrogen-bond acceptors (Lipinski definition) is 4. The molecular formula is C15H28N4O. The van der Waals surface area contributed by atoms with Gasteiger partial charge in [-0.05, 0) is 39.9 Å². The molecule has 1 fully saturated rings. The minimum absolute atomic E-state index is 0.198. The second kappa shape index (κ2) is 6.70. The molecule has 0 amide bonds. The van der Waals surface area contributed by atoms with E-state index in [1.807, 2.05) is 4.68 Å². The van der Waals surface area contributed by atoms with E-state index in [2.05, 4.69) is 55.1 Å². The Labute approximate surface area is 122 Å². The van der Waals surface area contributed by atoms with Crippen molar-refractivity contribution in [2.24, 2.45) is 0 Å². The van der Waals surface area contributed by atoms with Crippen LogP contribution in [0.1, 0.15) is 38.4 Å². The van der Waals surface area contributed by atoms with Crippen molar-refractivity contribution in [3.05, 3.63) is 18.0 Å². The second-order valence-corrected chi connectivity index (χ2v) is 6.28. The molecule has 0 spiro atoms. The number of aliphatic hydroxyl groups is 1. The highest BCUT2D eigenvalue weighted by Gasteiger charge is 2.31. The van der Waals surface area contributed by atoms with Crippen LogP contribution in [0, 0.1) is 0 Å². The number of aromatic nitrogens is 2. The van der Waals surface area contributed by atoms with Gasteiger partial charge in [0.05, 0.1) is 11.8 Å². The Morgan fingerprint density at radius 1 is 1.50 bits per heavy atom. The van der Waals surface area contributed by atoms with Gasteiger partial charge in [-0.3, -0.25) is 9.58 Å². The van der Waals surface area contributed by atoms with Gasteiger partial charge in [0.25, 0.3) is 0 Å². The largest absolute Gasteiger partial charge is 0.392 e. The van der Waals surface area contributed by atoms with Crippen LogP contribution in [-0.4, -0.2) is 64.0 Å². The Kier molecular flexibility index (Phi) is 5.18. The van der Waals surface area contributed by atoms with E-state index in [9.17, 15) is 5.11 Å². The van der Waals surface area contributed by atoms with Crippen LogP contribution in [0.5, 0.6) is 0 Å². The zero-order valence-electron chi connectivity index (χ0n) is 13.2. The van der Waals surface area contributed by atoms with E-state index in [1.165, 1.54) is 0 Å². The maximum Gasteiger partial charge on any atom is 0.0765 e. The lowest BCUT2D eigenvalue weighted by Crippen LogP contribution is -2.37. The summed E-state index contributed by atoms with van der Waals surface area (Å²) in [5, 5.41) is 14.6. The molecule has 2 rings (SSSR count). The predicted molar refractivity (Wildman–Crippen MR) is 80.6 cm³/mol. The number of β-amino-alcohol motifs (C(OH)–C–C–N with tert-alkyl or cyclic N) is 1. The van der Waals surface area contributed by atoms with Crippen molar-refractivity contribution in [2.75, 3.05) is 27.2 Å². The minimum Gasteiger partial charge on any atom is -0.392 e. The van der Waals surface area contributed by atoms with Crippen LogP contribution in [0.3, 0.4) is 0 Å². The molecule has 0 bridgehead atoms. The third-order valence-corrected chi connectivity index (χ3v) is 4.15. The number of hydrogen-bond donors (Lipinski definition) is 1. The van der Waals surface area contributed by atoms with E-state index in [1.54, 1.807) is 0 Å². The third-order valence-electron chi connectivity index (χ3n) is 4.15. The number of aliphatic hydroxyl groups excluding tert-OH is 1. The van der Waals surface area contributed by atoms with E-state index in [0.717, 1.165) is 38.2 Å². The normalized spacial score (nSPS) is 25.5.